The summed E-state index contributed by atoms with van der Waals surface area (Å²) in [5.74, 6) is 0.679. The molecule has 2 aliphatic carbocycles. The number of allylic oxidation sites excluding steroid dienone is 4. The molecule has 9 aromatic carbocycles. The third-order valence-corrected chi connectivity index (χ3v) is 14.0. The molecular formula is C61H46N2. The molecule has 10 aromatic rings. The fourth-order valence-electron chi connectivity index (χ4n) is 11.2. The normalized spacial score (nSPS) is 17.6. The summed E-state index contributed by atoms with van der Waals surface area (Å²) in [6, 6.07) is 76.3. The van der Waals surface area contributed by atoms with Crippen molar-refractivity contribution in [3.8, 4) is 39.1 Å². The van der Waals surface area contributed by atoms with E-state index in [9.17, 15) is 0 Å². The minimum absolute atomic E-state index is 0.238. The molecule has 12 rings (SSSR count). The van der Waals surface area contributed by atoms with E-state index in [2.05, 4.69) is 254 Å². The maximum absolute atomic E-state index is 2.56. The molecule has 63 heavy (non-hydrogen) atoms. The summed E-state index contributed by atoms with van der Waals surface area (Å²) in [4.78, 5) is 2.56. The van der Waals surface area contributed by atoms with E-state index in [4.69, 9.17) is 0 Å². The van der Waals surface area contributed by atoms with Crippen molar-refractivity contribution in [2.24, 2.45) is 11.8 Å². The average molecular weight is 807 g/mol. The summed E-state index contributed by atoms with van der Waals surface area (Å²) in [5, 5.41) is 4.95. The number of nitrogens with zero attached hydrogens (tertiary/aromatic N) is 2. The lowest BCUT2D eigenvalue weighted by Gasteiger charge is -2.39. The predicted octanol–water partition coefficient (Wildman–Crippen LogP) is 16.4. The van der Waals surface area contributed by atoms with E-state index >= 15 is 0 Å². The molecule has 2 nitrogen and oxygen atoms in total. The van der Waals surface area contributed by atoms with Gasteiger partial charge in [0.15, 0.2) is 0 Å². The van der Waals surface area contributed by atoms with Crippen LogP contribution in [0.4, 0.5) is 17.1 Å². The predicted molar refractivity (Wildman–Crippen MR) is 267 cm³/mol. The average Bonchev–Trinajstić information content (AvgIpc) is 3.81. The van der Waals surface area contributed by atoms with Crippen molar-refractivity contribution in [3.05, 3.63) is 242 Å². The molecule has 0 spiro atoms. The molecule has 0 saturated heterocycles. The molecular weight excluding hydrogens is 761 g/mol. The molecule has 0 radical (unpaired) electrons. The topological polar surface area (TPSA) is 8.17 Å². The second-order valence-electron chi connectivity index (χ2n) is 17.4. The molecule has 1 aromatic heterocycles. The van der Waals surface area contributed by atoms with Crippen molar-refractivity contribution in [1.82, 2.24) is 4.57 Å². The Hall–Kier alpha value is -7.68. The molecule has 3 atom stereocenters. The fourth-order valence-corrected chi connectivity index (χ4v) is 11.2. The van der Waals surface area contributed by atoms with Gasteiger partial charge in [0.2, 0.25) is 0 Å². The number of fused-ring (bicyclic) bond motifs is 7. The van der Waals surface area contributed by atoms with Gasteiger partial charge in [-0.3, -0.25) is 0 Å². The van der Waals surface area contributed by atoms with E-state index < -0.39 is 0 Å². The van der Waals surface area contributed by atoms with E-state index in [0.29, 0.717) is 11.8 Å². The zero-order valence-electron chi connectivity index (χ0n) is 35.5. The van der Waals surface area contributed by atoms with Gasteiger partial charge in [0.25, 0.3) is 0 Å². The molecule has 0 fully saturated rings. The highest BCUT2D eigenvalue weighted by Crippen LogP contribution is 2.59. The summed E-state index contributed by atoms with van der Waals surface area (Å²) in [6.45, 7) is 4.85. The van der Waals surface area contributed by atoms with Crippen LogP contribution in [0.15, 0.2) is 231 Å². The highest BCUT2D eigenvalue weighted by atomic mass is 15.2. The molecule has 300 valence electrons. The van der Waals surface area contributed by atoms with Crippen molar-refractivity contribution in [1.29, 1.82) is 0 Å². The summed E-state index contributed by atoms with van der Waals surface area (Å²) < 4.78 is 2.43. The van der Waals surface area contributed by atoms with Gasteiger partial charge in [-0.15, -0.1) is 0 Å². The lowest BCUT2D eigenvalue weighted by molar-refractivity contribution is 0.350. The monoisotopic (exact) mass is 806 g/mol. The maximum Gasteiger partial charge on any atom is 0.0561 e. The second kappa shape index (κ2) is 14.8. The first-order chi connectivity index (χ1) is 31.1. The number of rotatable bonds is 7. The van der Waals surface area contributed by atoms with Crippen molar-refractivity contribution in [2.45, 2.75) is 19.3 Å². The standard InChI is InChI=1S/C61H46N2/c1-41-20-9-13-32-52(41)61(2)53-33-14-10-29-51(53)60-54(61)34-19-37-57(60)63(45-38-39-49-47-27-11-15-35-55(47)62(58(49)40-45)44-25-7-4-8-26-44)56-36-16-12-28-48(56)50-31-18-24-43-23-17-30-46(59(43)50)42-21-5-3-6-22-42/h3-41,52H,1-2H3. The quantitative estimate of drug-likeness (QED) is 0.156. The van der Waals surface area contributed by atoms with Gasteiger partial charge in [-0.1, -0.05) is 202 Å². The van der Waals surface area contributed by atoms with Crippen LogP contribution in [0.5, 0.6) is 0 Å². The summed E-state index contributed by atoms with van der Waals surface area (Å²) in [7, 11) is 0. The lowest BCUT2D eigenvalue weighted by Crippen LogP contribution is -2.34. The van der Waals surface area contributed by atoms with Crippen LogP contribution in [0.1, 0.15) is 25.0 Å². The maximum atomic E-state index is 2.56. The van der Waals surface area contributed by atoms with Gasteiger partial charge in [0.05, 0.1) is 22.4 Å². The summed E-state index contributed by atoms with van der Waals surface area (Å²) in [6.07, 6.45) is 9.27. The van der Waals surface area contributed by atoms with E-state index in [1.165, 1.54) is 82.8 Å². The molecule has 2 heteroatoms. The van der Waals surface area contributed by atoms with Gasteiger partial charge in [0.1, 0.15) is 0 Å². The van der Waals surface area contributed by atoms with E-state index in [1.807, 2.05) is 0 Å². The first kappa shape index (κ1) is 37.1. The van der Waals surface area contributed by atoms with Crippen LogP contribution < -0.4 is 4.90 Å². The lowest BCUT2D eigenvalue weighted by atomic mass is 9.64. The number of benzene rings is 9. The van der Waals surface area contributed by atoms with Gasteiger partial charge < -0.3 is 9.47 Å². The van der Waals surface area contributed by atoms with Crippen LogP contribution in [0.25, 0.3) is 71.6 Å². The third-order valence-electron chi connectivity index (χ3n) is 14.0. The molecule has 1 heterocycles. The van der Waals surface area contributed by atoms with Gasteiger partial charge >= 0.3 is 0 Å². The molecule has 0 N–H and O–H groups in total. The first-order valence-corrected chi connectivity index (χ1v) is 22.2. The second-order valence-corrected chi connectivity index (χ2v) is 17.4. The van der Waals surface area contributed by atoms with Crippen molar-refractivity contribution < 1.29 is 0 Å². The highest BCUT2D eigenvalue weighted by Gasteiger charge is 2.47. The highest BCUT2D eigenvalue weighted by molar-refractivity contribution is 6.12. The van der Waals surface area contributed by atoms with E-state index in [-0.39, 0.29) is 5.41 Å². The number of anilines is 3. The van der Waals surface area contributed by atoms with Crippen molar-refractivity contribution in [3.63, 3.8) is 0 Å². The Bertz CT molecular complexity index is 3440. The largest absolute Gasteiger partial charge is 0.309 e. The molecule has 0 aliphatic heterocycles. The fraction of sp³-hybridized carbons (Fsp3) is 0.0820. The van der Waals surface area contributed by atoms with Crippen molar-refractivity contribution in [2.75, 3.05) is 4.90 Å². The van der Waals surface area contributed by atoms with Crippen LogP contribution in [0.2, 0.25) is 0 Å². The van der Waals surface area contributed by atoms with Gasteiger partial charge in [0, 0.05) is 38.7 Å². The van der Waals surface area contributed by atoms with Crippen LogP contribution in [0.3, 0.4) is 0 Å². The number of hydrogen-bond donors (Lipinski definition) is 0. The Balaban J connectivity index is 1.17. The molecule has 0 saturated carbocycles. The SMILES string of the molecule is CC1C=CC=CC1C1(C)c2ccccc2-c2c(N(c3ccc4c5ccccc5n(-c5ccccc5)c4c3)c3ccccc3-c3cccc4cccc(-c5ccccc5)c34)cccc21. The molecule has 0 bridgehead atoms. The summed E-state index contributed by atoms with van der Waals surface area (Å²) >= 11 is 0. The molecule has 0 amide bonds. The Morgan fingerprint density at radius 2 is 1.10 bits per heavy atom. The molecule has 3 unspecified atom stereocenters. The Kier molecular flexibility index (Phi) is 8.69. The van der Waals surface area contributed by atoms with E-state index in [1.54, 1.807) is 0 Å². The van der Waals surface area contributed by atoms with Crippen LogP contribution >= 0.6 is 0 Å². The van der Waals surface area contributed by atoms with Crippen LogP contribution in [-0.4, -0.2) is 4.57 Å². The molecule has 2 aliphatic rings. The number of para-hydroxylation sites is 3. The summed E-state index contributed by atoms with van der Waals surface area (Å²) in [5.41, 5.74) is 16.9. The minimum atomic E-state index is -0.238. The Labute approximate surface area is 369 Å². The number of aromatic nitrogens is 1. The van der Waals surface area contributed by atoms with E-state index in [0.717, 1.165) is 17.1 Å². The first-order valence-electron chi connectivity index (χ1n) is 22.2. The third kappa shape index (κ3) is 5.71. The minimum Gasteiger partial charge on any atom is -0.309 e. The Morgan fingerprint density at radius 3 is 1.92 bits per heavy atom. The van der Waals surface area contributed by atoms with Crippen LogP contribution in [0, 0.1) is 11.8 Å². The number of hydrogen-bond acceptors (Lipinski definition) is 1. The Morgan fingerprint density at radius 1 is 0.476 bits per heavy atom. The zero-order valence-corrected chi connectivity index (χ0v) is 35.5. The van der Waals surface area contributed by atoms with Gasteiger partial charge in [-0.2, -0.15) is 0 Å². The van der Waals surface area contributed by atoms with Gasteiger partial charge in [-0.05, 0) is 98.5 Å². The zero-order chi connectivity index (χ0) is 42.1. The van der Waals surface area contributed by atoms with Crippen LogP contribution in [-0.2, 0) is 5.41 Å². The van der Waals surface area contributed by atoms with Crippen molar-refractivity contribution >= 4 is 49.6 Å². The van der Waals surface area contributed by atoms with Gasteiger partial charge in [-0.25, -0.2) is 0 Å². The smallest absolute Gasteiger partial charge is 0.0561 e.